The molecule has 3 N–H and O–H groups in total. The van der Waals surface area contributed by atoms with Gasteiger partial charge in [0, 0.05) is 20.0 Å². The maximum absolute atomic E-state index is 12.0. The zero-order valence-corrected chi connectivity index (χ0v) is 10.8. The fourth-order valence-corrected chi connectivity index (χ4v) is 2.37. The van der Waals surface area contributed by atoms with E-state index in [0.717, 1.165) is 9.80 Å². The Bertz CT molecular complexity index is 479. The van der Waals surface area contributed by atoms with E-state index in [-0.39, 0.29) is 19.4 Å². The number of imide groups is 1. The van der Waals surface area contributed by atoms with E-state index in [4.69, 9.17) is 5.11 Å². The molecule has 2 fully saturated rings. The molecule has 0 spiro atoms. The molecular formula is C11H15N3O6. The number of carboxylic acids is 1. The molecule has 2 aliphatic heterocycles. The second kappa shape index (κ2) is 5.08. The smallest absolute Gasteiger partial charge is 0.326 e. The summed E-state index contributed by atoms with van der Waals surface area (Å²) >= 11 is 0. The van der Waals surface area contributed by atoms with Crippen LogP contribution >= 0.6 is 0 Å². The minimum absolute atomic E-state index is 0.0554. The van der Waals surface area contributed by atoms with Crippen LogP contribution in [0.2, 0.25) is 0 Å². The van der Waals surface area contributed by atoms with Crippen LogP contribution in [0.3, 0.4) is 0 Å². The molecule has 0 aromatic rings. The van der Waals surface area contributed by atoms with Gasteiger partial charge in [0.1, 0.15) is 12.1 Å². The van der Waals surface area contributed by atoms with Crippen molar-refractivity contribution in [2.24, 2.45) is 0 Å². The largest absolute Gasteiger partial charge is 0.480 e. The Hall–Kier alpha value is -2.16. The zero-order valence-electron chi connectivity index (χ0n) is 10.8. The molecule has 0 aromatic carbocycles. The molecule has 4 amide bonds. The number of carbonyl (C=O) groups excluding carboxylic acids is 3. The molecule has 2 unspecified atom stereocenters. The van der Waals surface area contributed by atoms with Gasteiger partial charge in [0.05, 0.1) is 12.5 Å². The summed E-state index contributed by atoms with van der Waals surface area (Å²) in [5, 5.41) is 20.8. The Morgan fingerprint density at radius 1 is 1.35 bits per heavy atom. The van der Waals surface area contributed by atoms with Gasteiger partial charge in [-0.25, -0.2) is 9.59 Å². The van der Waals surface area contributed by atoms with Crippen LogP contribution < -0.4 is 5.32 Å². The molecule has 3 atom stereocenters. The Morgan fingerprint density at radius 2 is 2.00 bits per heavy atom. The number of nitrogens with one attached hydrogen (secondary N) is 1. The highest BCUT2D eigenvalue weighted by Gasteiger charge is 2.42. The van der Waals surface area contributed by atoms with E-state index in [1.54, 1.807) is 0 Å². The van der Waals surface area contributed by atoms with Crippen LogP contribution in [0, 0.1) is 0 Å². The number of carbonyl (C=O) groups is 4. The molecule has 110 valence electrons. The van der Waals surface area contributed by atoms with Crippen LogP contribution in [0.25, 0.3) is 0 Å². The molecule has 20 heavy (non-hydrogen) atoms. The number of aliphatic hydroxyl groups excluding tert-OH is 1. The first-order valence-electron chi connectivity index (χ1n) is 6.09. The molecule has 2 saturated heterocycles. The fourth-order valence-electron chi connectivity index (χ4n) is 2.37. The topological polar surface area (TPSA) is 127 Å². The minimum atomic E-state index is -1.22. The number of rotatable bonds is 2. The van der Waals surface area contributed by atoms with Gasteiger partial charge in [-0.3, -0.25) is 14.5 Å². The Labute approximate surface area is 114 Å². The number of likely N-dealkylation sites (tertiary alicyclic amines) is 2. The van der Waals surface area contributed by atoms with Crippen LogP contribution in [0.4, 0.5) is 4.79 Å². The van der Waals surface area contributed by atoms with Crippen molar-refractivity contribution in [3.8, 4) is 0 Å². The van der Waals surface area contributed by atoms with Gasteiger partial charge in [0.25, 0.3) is 5.91 Å². The van der Waals surface area contributed by atoms with Crippen LogP contribution in [0.1, 0.15) is 12.8 Å². The summed E-state index contributed by atoms with van der Waals surface area (Å²) in [6.45, 7) is -0.118. The standard InChI is InChI=1S/C11H15N3O6/c1-13-8(16)3-6(9(13)17)12-11(20)14-4-5(15)2-7(14)10(18)19/h5-7,15H,2-4H2,1H3,(H,12,20)(H,18,19)/t5?,6?,7-/m0/s1. The lowest BCUT2D eigenvalue weighted by Crippen LogP contribution is -2.51. The van der Waals surface area contributed by atoms with Gasteiger partial charge in [-0.1, -0.05) is 0 Å². The fraction of sp³-hybridized carbons (Fsp3) is 0.636. The summed E-state index contributed by atoms with van der Waals surface area (Å²) in [6, 6.07) is -2.88. The number of likely N-dealkylation sites (N-methyl/N-ethyl adjacent to an activating group) is 1. The van der Waals surface area contributed by atoms with Crippen molar-refractivity contribution in [3.05, 3.63) is 0 Å². The van der Waals surface area contributed by atoms with E-state index >= 15 is 0 Å². The summed E-state index contributed by atoms with van der Waals surface area (Å²) < 4.78 is 0. The normalized spacial score (nSPS) is 30.0. The zero-order chi connectivity index (χ0) is 15.0. The van der Waals surface area contributed by atoms with Crippen molar-refractivity contribution < 1.29 is 29.4 Å². The molecular weight excluding hydrogens is 270 g/mol. The van der Waals surface area contributed by atoms with Crippen LogP contribution in [0.15, 0.2) is 0 Å². The number of hydrogen-bond acceptors (Lipinski definition) is 5. The highest BCUT2D eigenvalue weighted by Crippen LogP contribution is 2.19. The second-order valence-corrected chi connectivity index (χ2v) is 4.89. The summed E-state index contributed by atoms with van der Waals surface area (Å²) in [7, 11) is 1.32. The lowest BCUT2D eigenvalue weighted by Gasteiger charge is -2.23. The number of β-amino-alcohol motifs (C(OH)–C–C–N with tert-alkyl or cyclic N) is 1. The quantitative estimate of drug-likeness (QED) is 0.502. The molecule has 2 aliphatic rings. The molecule has 0 aromatic heterocycles. The summed E-state index contributed by atoms with van der Waals surface area (Å²) in [5.41, 5.74) is 0. The van der Waals surface area contributed by atoms with E-state index < -0.39 is 42.0 Å². The third kappa shape index (κ3) is 2.44. The van der Waals surface area contributed by atoms with Gasteiger partial charge in [-0.05, 0) is 0 Å². The Balaban J connectivity index is 2.03. The first kappa shape index (κ1) is 14.3. The lowest BCUT2D eigenvalue weighted by molar-refractivity contribution is -0.141. The van der Waals surface area contributed by atoms with Crippen molar-refractivity contribution >= 4 is 23.8 Å². The Morgan fingerprint density at radius 3 is 2.50 bits per heavy atom. The molecule has 0 bridgehead atoms. The predicted octanol–water partition coefficient (Wildman–Crippen LogP) is -2.03. The number of hydrogen-bond donors (Lipinski definition) is 3. The number of aliphatic hydroxyl groups is 1. The van der Waals surface area contributed by atoms with E-state index in [1.807, 2.05) is 0 Å². The number of nitrogens with zero attached hydrogens (tertiary/aromatic N) is 2. The van der Waals surface area contributed by atoms with Crippen LogP contribution in [-0.2, 0) is 14.4 Å². The summed E-state index contributed by atoms with van der Waals surface area (Å²) in [6.07, 6.45) is -1.11. The lowest BCUT2D eigenvalue weighted by atomic mass is 10.2. The molecule has 2 rings (SSSR count). The van der Waals surface area contributed by atoms with Crippen molar-refractivity contribution in [2.45, 2.75) is 31.0 Å². The average molecular weight is 285 g/mol. The number of aliphatic carboxylic acids is 1. The first-order chi connectivity index (χ1) is 9.31. The van der Waals surface area contributed by atoms with Gasteiger partial charge >= 0.3 is 12.0 Å². The third-order valence-corrected chi connectivity index (χ3v) is 3.50. The molecule has 0 radical (unpaired) electrons. The highest BCUT2D eigenvalue weighted by molar-refractivity contribution is 6.06. The van der Waals surface area contributed by atoms with Gasteiger partial charge in [0.2, 0.25) is 5.91 Å². The number of amides is 4. The molecule has 0 saturated carbocycles. The first-order valence-corrected chi connectivity index (χ1v) is 6.09. The highest BCUT2D eigenvalue weighted by atomic mass is 16.4. The van der Waals surface area contributed by atoms with Crippen LogP contribution in [-0.4, -0.2) is 75.6 Å². The SMILES string of the molecule is CN1C(=O)CC(NC(=O)N2CC(O)C[C@H]2C(=O)O)C1=O. The van der Waals surface area contributed by atoms with E-state index in [9.17, 15) is 24.3 Å². The van der Waals surface area contributed by atoms with E-state index in [1.165, 1.54) is 7.05 Å². The molecule has 0 aliphatic carbocycles. The average Bonchev–Trinajstić information content (AvgIpc) is 2.87. The van der Waals surface area contributed by atoms with Gasteiger partial charge in [-0.15, -0.1) is 0 Å². The maximum Gasteiger partial charge on any atom is 0.326 e. The summed E-state index contributed by atoms with van der Waals surface area (Å²) in [4.78, 5) is 47.8. The van der Waals surface area contributed by atoms with Gasteiger partial charge in [0.15, 0.2) is 0 Å². The summed E-state index contributed by atoms with van der Waals surface area (Å²) in [5.74, 6) is -2.16. The van der Waals surface area contributed by atoms with Crippen molar-refractivity contribution in [1.82, 2.24) is 15.1 Å². The molecule has 2 heterocycles. The van der Waals surface area contributed by atoms with Crippen LogP contribution in [0.5, 0.6) is 0 Å². The minimum Gasteiger partial charge on any atom is -0.480 e. The maximum atomic E-state index is 12.0. The molecule has 9 nitrogen and oxygen atoms in total. The van der Waals surface area contributed by atoms with Crippen molar-refractivity contribution in [3.63, 3.8) is 0 Å². The van der Waals surface area contributed by atoms with Crippen molar-refractivity contribution in [2.75, 3.05) is 13.6 Å². The monoisotopic (exact) mass is 285 g/mol. The number of urea groups is 1. The van der Waals surface area contributed by atoms with Crippen molar-refractivity contribution in [1.29, 1.82) is 0 Å². The van der Waals surface area contributed by atoms with E-state index in [2.05, 4.69) is 5.32 Å². The predicted molar refractivity (Wildman–Crippen MR) is 63.5 cm³/mol. The Kier molecular flexibility index (Phi) is 3.62. The van der Waals surface area contributed by atoms with Gasteiger partial charge < -0.3 is 20.4 Å². The second-order valence-electron chi connectivity index (χ2n) is 4.89. The molecule has 9 heteroatoms. The number of carboxylic acid groups (broad SMARTS) is 1. The van der Waals surface area contributed by atoms with Gasteiger partial charge in [-0.2, -0.15) is 0 Å². The van der Waals surface area contributed by atoms with E-state index in [0.29, 0.717) is 0 Å². The third-order valence-electron chi connectivity index (χ3n) is 3.50.